The van der Waals surface area contributed by atoms with Crippen LogP contribution < -0.4 is 10.1 Å². The van der Waals surface area contributed by atoms with Crippen LogP contribution in [0.4, 0.5) is 10.1 Å². The Morgan fingerprint density at radius 1 is 1.17 bits per heavy atom. The molecule has 2 aromatic carbocycles. The smallest absolute Gasteiger partial charge is 0.296 e. The number of fused-ring (bicyclic) bond motifs is 1. The van der Waals surface area contributed by atoms with E-state index < -0.39 is 17.5 Å². The number of aromatic amines is 1. The summed E-state index contributed by atoms with van der Waals surface area (Å²) in [6.45, 7) is 0. The summed E-state index contributed by atoms with van der Waals surface area (Å²) in [7, 11) is 1.51. The second kappa shape index (κ2) is 5.92. The van der Waals surface area contributed by atoms with Crippen molar-refractivity contribution in [1.29, 1.82) is 0 Å². The van der Waals surface area contributed by atoms with Crippen LogP contribution in [0.15, 0.2) is 48.7 Å². The Labute approximate surface area is 131 Å². The molecule has 3 rings (SSSR count). The highest BCUT2D eigenvalue weighted by Crippen LogP contribution is 2.24. The lowest BCUT2D eigenvalue weighted by Crippen LogP contribution is -2.23. The van der Waals surface area contributed by atoms with E-state index in [0.717, 1.165) is 0 Å². The van der Waals surface area contributed by atoms with Crippen LogP contribution >= 0.6 is 0 Å². The second-order valence-electron chi connectivity index (χ2n) is 4.88. The highest BCUT2D eigenvalue weighted by atomic mass is 19.1. The summed E-state index contributed by atoms with van der Waals surface area (Å²) in [6.07, 6.45) is 1.45. The van der Waals surface area contributed by atoms with Gasteiger partial charge in [-0.3, -0.25) is 9.59 Å². The minimum absolute atomic E-state index is 0.0386. The fourth-order valence-corrected chi connectivity index (χ4v) is 2.28. The van der Waals surface area contributed by atoms with Crippen LogP contribution in [0.1, 0.15) is 10.4 Å². The molecule has 0 saturated carbocycles. The average molecular weight is 312 g/mol. The third kappa shape index (κ3) is 2.78. The Hall–Kier alpha value is -3.15. The van der Waals surface area contributed by atoms with Crippen LogP contribution in [0.25, 0.3) is 10.9 Å². The lowest BCUT2D eigenvalue weighted by molar-refractivity contribution is -0.112. The molecule has 0 saturated heterocycles. The molecule has 3 aromatic rings. The minimum atomic E-state index is -0.904. The molecular formula is C17H13FN2O3. The van der Waals surface area contributed by atoms with Gasteiger partial charge in [-0.15, -0.1) is 0 Å². The average Bonchev–Trinajstić information content (AvgIpc) is 2.99. The number of halogens is 1. The number of Topliss-reactive ketones (excluding diaryl/α,β-unsaturated/α-hetero) is 1. The highest BCUT2D eigenvalue weighted by molar-refractivity contribution is 6.48. The number of anilines is 1. The number of hydrogen-bond donors (Lipinski definition) is 2. The standard InChI is InChI=1S/C17H13FN2O3/c1-23-10-6-7-14-11(8-10)12(9-19-14)16(21)17(22)20-15-5-3-2-4-13(15)18/h2-9,19H,1H3,(H,20,22). The zero-order chi connectivity index (χ0) is 16.4. The topological polar surface area (TPSA) is 71.2 Å². The summed E-state index contributed by atoms with van der Waals surface area (Å²) < 4.78 is 18.7. The van der Waals surface area contributed by atoms with E-state index in [4.69, 9.17) is 4.74 Å². The summed E-state index contributed by atoms with van der Waals surface area (Å²) in [5, 5.41) is 2.85. The number of aromatic nitrogens is 1. The number of methoxy groups -OCH3 is 1. The maximum Gasteiger partial charge on any atom is 0.296 e. The number of ether oxygens (including phenoxy) is 1. The molecule has 2 N–H and O–H groups in total. The predicted molar refractivity (Wildman–Crippen MR) is 84.2 cm³/mol. The number of carbonyl (C=O) groups excluding carboxylic acids is 2. The first kappa shape index (κ1) is 14.8. The zero-order valence-electron chi connectivity index (χ0n) is 12.2. The van der Waals surface area contributed by atoms with Crippen molar-refractivity contribution in [2.75, 3.05) is 12.4 Å². The maximum atomic E-state index is 13.6. The van der Waals surface area contributed by atoms with E-state index >= 15 is 0 Å². The molecule has 1 aromatic heterocycles. The molecule has 0 radical (unpaired) electrons. The first-order chi connectivity index (χ1) is 11.1. The first-order valence-corrected chi connectivity index (χ1v) is 6.85. The molecule has 0 aliphatic rings. The molecule has 0 bridgehead atoms. The highest BCUT2D eigenvalue weighted by Gasteiger charge is 2.21. The molecule has 6 heteroatoms. The predicted octanol–water partition coefficient (Wildman–Crippen LogP) is 3.14. The van der Waals surface area contributed by atoms with Crippen LogP contribution in [0.2, 0.25) is 0 Å². The van der Waals surface area contributed by atoms with Crippen molar-refractivity contribution >= 4 is 28.3 Å². The second-order valence-corrected chi connectivity index (χ2v) is 4.88. The van der Waals surface area contributed by atoms with Crippen molar-refractivity contribution < 1.29 is 18.7 Å². The van der Waals surface area contributed by atoms with Gasteiger partial charge in [0.05, 0.1) is 18.4 Å². The van der Waals surface area contributed by atoms with Crippen LogP contribution in [0.5, 0.6) is 5.75 Å². The summed E-state index contributed by atoms with van der Waals surface area (Å²) in [4.78, 5) is 27.3. The van der Waals surface area contributed by atoms with Gasteiger partial charge in [0.1, 0.15) is 11.6 Å². The van der Waals surface area contributed by atoms with Crippen LogP contribution in [0.3, 0.4) is 0 Å². The molecule has 116 valence electrons. The number of benzene rings is 2. The maximum absolute atomic E-state index is 13.6. The van der Waals surface area contributed by atoms with Gasteiger partial charge >= 0.3 is 0 Å². The lowest BCUT2D eigenvalue weighted by Gasteiger charge is -2.05. The SMILES string of the molecule is COc1ccc2[nH]cc(C(=O)C(=O)Nc3ccccc3F)c2c1. The monoisotopic (exact) mass is 312 g/mol. The third-order valence-corrected chi connectivity index (χ3v) is 3.46. The summed E-state index contributed by atoms with van der Waals surface area (Å²) >= 11 is 0. The molecule has 0 fully saturated rings. The quantitative estimate of drug-likeness (QED) is 0.574. The number of ketones is 1. The van der Waals surface area contributed by atoms with Crippen molar-refractivity contribution in [3.05, 3.63) is 60.0 Å². The number of amides is 1. The molecule has 1 heterocycles. The number of carbonyl (C=O) groups is 2. The Morgan fingerprint density at radius 2 is 1.96 bits per heavy atom. The molecular weight excluding hydrogens is 299 g/mol. The van der Waals surface area contributed by atoms with E-state index in [1.54, 1.807) is 24.3 Å². The van der Waals surface area contributed by atoms with Gasteiger partial charge in [-0.05, 0) is 30.3 Å². The number of para-hydroxylation sites is 1. The molecule has 0 spiro atoms. The molecule has 1 amide bonds. The minimum Gasteiger partial charge on any atom is -0.497 e. The van der Waals surface area contributed by atoms with Crippen LogP contribution in [-0.2, 0) is 4.79 Å². The third-order valence-electron chi connectivity index (χ3n) is 3.46. The van der Waals surface area contributed by atoms with E-state index in [9.17, 15) is 14.0 Å². The Bertz CT molecular complexity index is 902. The van der Waals surface area contributed by atoms with Gasteiger partial charge in [0.2, 0.25) is 0 Å². The number of rotatable bonds is 4. The van der Waals surface area contributed by atoms with Gasteiger partial charge in [0.25, 0.3) is 11.7 Å². The van der Waals surface area contributed by atoms with Crippen molar-refractivity contribution in [3.8, 4) is 5.75 Å². The van der Waals surface area contributed by atoms with Crippen molar-refractivity contribution in [2.24, 2.45) is 0 Å². The molecule has 0 aliphatic carbocycles. The largest absolute Gasteiger partial charge is 0.497 e. The molecule has 5 nitrogen and oxygen atoms in total. The Kier molecular flexibility index (Phi) is 3.80. The van der Waals surface area contributed by atoms with E-state index in [1.165, 1.54) is 31.5 Å². The first-order valence-electron chi connectivity index (χ1n) is 6.85. The summed E-state index contributed by atoms with van der Waals surface area (Å²) in [5.41, 5.74) is 0.865. The van der Waals surface area contributed by atoms with Crippen LogP contribution in [0, 0.1) is 5.82 Å². The fourth-order valence-electron chi connectivity index (χ4n) is 2.28. The van der Waals surface area contributed by atoms with Crippen molar-refractivity contribution in [2.45, 2.75) is 0 Å². The normalized spacial score (nSPS) is 10.5. The van der Waals surface area contributed by atoms with E-state index in [0.29, 0.717) is 16.7 Å². The van der Waals surface area contributed by atoms with E-state index in [1.807, 2.05) is 0 Å². The zero-order valence-corrected chi connectivity index (χ0v) is 12.2. The van der Waals surface area contributed by atoms with Crippen LogP contribution in [-0.4, -0.2) is 23.8 Å². The van der Waals surface area contributed by atoms with Gasteiger partial charge in [-0.25, -0.2) is 4.39 Å². The number of nitrogens with one attached hydrogen (secondary N) is 2. The van der Waals surface area contributed by atoms with Gasteiger partial charge < -0.3 is 15.0 Å². The van der Waals surface area contributed by atoms with Gasteiger partial charge in [-0.2, -0.15) is 0 Å². The number of hydrogen-bond acceptors (Lipinski definition) is 3. The Balaban J connectivity index is 1.91. The molecule has 0 aliphatic heterocycles. The lowest BCUT2D eigenvalue weighted by atomic mass is 10.1. The fraction of sp³-hybridized carbons (Fsp3) is 0.0588. The molecule has 0 atom stereocenters. The van der Waals surface area contributed by atoms with Crippen molar-refractivity contribution in [1.82, 2.24) is 4.98 Å². The van der Waals surface area contributed by atoms with Gasteiger partial charge in [0.15, 0.2) is 0 Å². The molecule has 0 unspecified atom stereocenters. The van der Waals surface area contributed by atoms with E-state index in [2.05, 4.69) is 10.3 Å². The summed E-state index contributed by atoms with van der Waals surface area (Å²) in [5.74, 6) is -1.69. The van der Waals surface area contributed by atoms with Crippen molar-refractivity contribution in [3.63, 3.8) is 0 Å². The van der Waals surface area contributed by atoms with Gasteiger partial charge in [-0.1, -0.05) is 12.1 Å². The number of H-pyrrole nitrogens is 1. The van der Waals surface area contributed by atoms with E-state index in [-0.39, 0.29) is 11.3 Å². The molecule has 23 heavy (non-hydrogen) atoms. The van der Waals surface area contributed by atoms with Gasteiger partial charge in [0, 0.05) is 17.1 Å². The summed E-state index contributed by atoms with van der Waals surface area (Å²) in [6, 6.07) is 10.8. The Morgan fingerprint density at radius 3 is 2.70 bits per heavy atom.